The highest BCUT2D eigenvalue weighted by Crippen LogP contribution is 2.27. The van der Waals surface area contributed by atoms with Gasteiger partial charge in [-0.25, -0.2) is 4.79 Å². The van der Waals surface area contributed by atoms with E-state index in [0.29, 0.717) is 23.0 Å². The molecule has 1 aromatic heterocycles. The first-order valence-electron chi connectivity index (χ1n) is 7.13. The monoisotopic (exact) mass is 358 g/mol. The number of para-hydroxylation sites is 1. The van der Waals surface area contributed by atoms with Gasteiger partial charge in [0.25, 0.3) is 0 Å². The summed E-state index contributed by atoms with van der Waals surface area (Å²) in [6.45, 7) is 0. The molecule has 3 rings (SSSR count). The number of hydrogen-bond donors (Lipinski definition) is 1. The number of halogens is 1. The lowest BCUT2D eigenvalue weighted by Gasteiger charge is -2.06. The van der Waals surface area contributed by atoms with Crippen molar-refractivity contribution in [1.29, 1.82) is 0 Å². The van der Waals surface area contributed by atoms with Gasteiger partial charge in [0.15, 0.2) is 0 Å². The second kappa shape index (κ2) is 6.36. The predicted octanol–water partition coefficient (Wildman–Crippen LogP) is 4.44. The van der Waals surface area contributed by atoms with Crippen molar-refractivity contribution >= 4 is 26.9 Å². The van der Waals surface area contributed by atoms with E-state index >= 15 is 0 Å². The molecule has 1 N–H and O–H groups in total. The molecule has 4 heteroatoms. The number of aromatic hydroxyl groups is 1. The van der Waals surface area contributed by atoms with Gasteiger partial charge >= 0.3 is 5.63 Å². The van der Waals surface area contributed by atoms with Crippen molar-refractivity contribution in [1.82, 2.24) is 0 Å². The SMILES string of the molecule is O=c1oc2ccccc2c(O)c1CCCc1cccc(Br)c1. The summed E-state index contributed by atoms with van der Waals surface area (Å²) in [7, 11) is 0. The second-order valence-corrected chi connectivity index (χ2v) is 6.11. The molecule has 1 heterocycles. The van der Waals surface area contributed by atoms with Crippen LogP contribution in [0.15, 0.2) is 62.2 Å². The Morgan fingerprint density at radius 2 is 1.86 bits per heavy atom. The van der Waals surface area contributed by atoms with Gasteiger partial charge in [0.05, 0.1) is 10.9 Å². The zero-order chi connectivity index (χ0) is 15.5. The highest BCUT2D eigenvalue weighted by atomic mass is 79.9. The van der Waals surface area contributed by atoms with Gasteiger partial charge in [-0.3, -0.25) is 0 Å². The van der Waals surface area contributed by atoms with Crippen LogP contribution in [0.4, 0.5) is 0 Å². The third-order valence-electron chi connectivity index (χ3n) is 3.66. The quantitative estimate of drug-likeness (QED) is 0.701. The Morgan fingerprint density at radius 1 is 1.05 bits per heavy atom. The minimum Gasteiger partial charge on any atom is -0.507 e. The molecule has 0 aliphatic heterocycles. The van der Waals surface area contributed by atoms with Crippen molar-refractivity contribution in [2.45, 2.75) is 19.3 Å². The van der Waals surface area contributed by atoms with Crippen molar-refractivity contribution in [2.75, 3.05) is 0 Å². The Bertz CT molecular complexity index is 868. The van der Waals surface area contributed by atoms with Crippen LogP contribution in [0, 0.1) is 0 Å². The third-order valence-corrected chi connectivity index (χ3v) is 4.15. The number of aryl methyl sites for hydroxylation is 1. The van der Waals surface area contributed by atoms with E-state index in [1.54, 1.807) is 18.2 Å². The topological polar surface area (TPSA) is 50.4 Å². The summed E-state index contributed by atoms with van der Waals surface area (Å²) < 4.78 is 6.31. The molecule has 0 fully saturated rings. The Morgan fingerprint density at radius 3 is 2.68 bits per heavy atom. The summed E-state index contributed by atoms with van der Waals surface area (Å²) in [5.74, 6) is 0.0427. The molecule has 0 saturated heterocycles. The highest BCUT2D eigenvalue weighted by Gasteiger charge is 2.13. The van der Waals surface area contributed by atoms with Crippen LogP contribution in [0.3, 0.4) is 0 Å². The van der Waals surface area contributed by atoms with E-state index in [1.165, 1.54) is 5.56 Å². The largest absolute Gasteiger partial charge is 0.507 e. The van der Waals surface area contributed by atoms with Gasteiger partial charge in [-0.15, -0.1) is 0 Å². The average molecular weight is 359 g/mol. The first-order valence-corrected chi connectivity index (χ1v) is 7.92. The van der Waals surface area contributed by atoms with Crippen LogP contribution >= 0.6 is 15.9 Å². The van der Waals surface area contributed by atoms with Gasteiger partial charge in [-0.1, -0.05) is 40.2 Å². The molecular formula is C18H15BrO3. The lowest BCUT2D eigenvalue weighted by Crippen LogP contribution is -2.08. The number of rotatable bonds is 4. The molecule has 0 aliphatic rings. The number of hydrogen-bond acceptors (Lipinski definition) is 3. The van der Waals surface area contributed by atoms with Gasteiger partial charge in [0.1, 0.15) is 11.3 Å². The van der Waals surface area contributed by atoms with Crippen LogP contribution < -0.4 is 5.63 Å². The number of benzene rings is 2. The van der Waals surface area contributed by atoms with E-state index in [-0.39, 0.29) is 5.75 Å². The molecule has 0 amide bonds. The minimum atomic E-state index is -0.453. The van der Waals surface area contributed by atoms with Crippen LogP contribution in [0.1, 0.15) is 17.5 Å². The number of fused-ring (bicyclic) bond motifs is 1. The predicted molar refractivity (Wildman–Crippen MR) is 90.3 cm³/mol. The molecule has 22 heavy (non-hydrogen) atoms. The Balaban J connectivity index is 1.81. The van der Waals surface area contributed by atoms with Gasteiger partial charge in [0, 0.05) is 4.47 Å². The van der Waals surface area contributed by atoms with Crippen molar-refractivity contribution in [3.05, 3.63) is 74.6 Å². The summed E-state index contributed by atoms with van der Waals surface area (Å²) in [5, 5.41) is 10.9. The first kappa shape index (κ1) is 14.9. The average Bonchev–Trinajstić information content (AvgIpc) is 2.51. The molecule has 0 bridgehead atoms. The molecule has 0 atom stereocenters. The summed E-state index contributed by atoms with van der Waals surface area (Å²) in [6.07, 6.45) is 2.10. The third kappa shape index (κ3) is 3.07. The van der Waals surface area contributed by atoms with E-state index < -0.39 is 5.63 Å². The van der Waals surface area contributed by atoms with E-state index in [1.807, 2.05) is 24.3 Å². The van der Waals surface area contributed by atoms with Crippen LogP contribution in [0.5, 0.6) is 5.75 Å². The van der Waals surface area contributed by atoms with Gasteiger partial charge in [-0.05, 0) is 49.1 Å². The normalized spacial score (nSPS) is 11.0. The maximum absolute atomic E-state index is 12.0. The Labute approximate surface area is 136 Å². The van der Waals surface area contributed by atoms with Gasteiger partial charge in [-0.2, -0.15) is 0 Å². The molecular weight excluding hydrogens is 344 g/mol. The van der Waals surface area contributed by atoms with Crippen LogP contribution in [0.25, 0.3) is 11.0 Å². The van der Waals surface area contributed by atoms with E-state index in [0.717, 1.165) is 17.3 Å². The van der Waals surface area contributed by atoms with E-state index in [4.69, 9.17) is 4.42 Å². The molecule has 0 aliphatic carbocycles. The van der Waals surface area contributed by atoms with Crippen LogP contribution in [-0.4, -0.2) is 5.11 Å². The van der Waals surface area contributed by atoms with Gasteiger partial charge in [0.2, 0.25) is 0 Å². The highest BCUT2D eigenvalue weighted by molar-refractivity contribution is 9.10. The summed E-state index contributed by atoms with van der Waals surface area (Å²) in [5.41, 5.74) is 1.51. The standard InChI is InChI=1S/C18H15BrO3/c19-13-7-3-5-12(11-13)6-4-9-15-17(20)14-8-1-2-10-16(14)22-18(15)21/h1-3,5,7-8,10-11,20H,4,6,9H2. The molecule has 3 nitrogen and oxygen atoms in total. The maximum Gasteiger partial charge on any atom is 0.343 e. The minimum absolute atomic E-state index is 0.0427. The zero-order valence-electron chi connectivity index (χ0n) is 11.9. The summed E-state index contributed by atoms with van der Waals surface area (Å²) >= 11 is 3.44. The van der Waals surface area contributed by atoms with E-state index in [9.17, 15) is 9.90 Å². The fourth-order valence-corrected chi connectivity index (χ4v) is 3.00. The summed E-state index contributed by atoms with van der Waals surface area (Å²) in [6, 6.07) is 15.1. The Kier molecular flexibility index (Phi) is 4.29. The van der Waals surface area contributed by atoms with Crippen molar-refractivity contribution in [3.63, 3.8) is 0 Å². The van der Waals surface area contributed by atoms with Gasteiger partial charge < -0.3 is 9.52 Å². The zero-order valence-corrected chi connectivity index (χ0v) is 13.5. The van der Waals surface area contributed by atoms with Crippen LogP contribution in [0.2, 0.25) is 0 Å². The van der Waals surface area contributed by atoms with Crippen LogP contribution in [-0.2, 0) is 12.8 Å². The molecule has 0 radical (unpaired) electrons. The molecule has 3 aromatic rings. The van der Waals surface area contributed by atoms with Crippen molar-refractivity contribution < 1.29 is 9.52 Å². The Hall–Kier alpha value is -2.07. The maximum atomic E-state index is 12.0. The van der Waals surface area contributed by atoms with Crippen molar-refractivity contribution in [3.8, 4) is 5.75 Å². The fourth-order valence-electron chi connectivity index (χ4n) is 2.55. The second-order valence-electron chi connectivity index (χ2n) is 5.20. The lowest BCUT2D eigenvalue weighted by molar-refractivity contribution is 0.455. The molecule has 0 unspecified atom stereocenters. The van der Waals surface area contributed by atoms with E-state index in [2.05, 4.69) is 22.0 Å². The summed E-state index contributed by atoms with van der Waals surface area (Å²) in [4.78, 5) is 12.0. The first-order chi connectivity index (χ1) is 10.6. The lowest BCUT2D eigenvalue weighted by atomic mass is 10.0. The molecule has 112 valence electrons. The smallest absolute Gasteiger partial charge is 0.343 e. The fraction of sp³-hybridized carbons (Fsp3) is 0.167. The molecule has 0 saturated carbocycles. The molecule has 2 aromatic carbocycles. The van der Waals surface area contributed by atoms with Crippen molar-refractivity contribution in [2.24, 2.45) is 0 Å². The molecule has 0 spiro atoms.